The molecule has 30 heavy (non-hydrogen) atoms. The average Bonchev–Trinajstić information content (AvgIpc) is 2.82. The second-order valence-electron chi connectivity index (χ2n) is 7.04. The highest BCUT2D eigenvalue weighted by atomic mass is 16.5. The van der Waals surface area contributed by atoms with Crippen LogP contribution in [0.25, 0.3) is 22.0 Å². The first-order valence-corrected chi connectivity index (χ1v) is 9.78. The monoisotopic (exact) mass is 400 g/mol. The van der Waals surface area contributed by atoms with Gasteiger partial charge >= 0.3 is 0 Å². The third-order valence-electron chi connectivity index (χ3n) is 5.17. The molecule has 0 aliphatic rings. The molecule has 6 nitrogen and oxygen atoms in total. The van der Waals surface area contributed by atoms with Gasteiger partial charge in [-0.15, -0.1) is 0 Å². The Morgan fingerprint density at radius 3 is 2.37 bits per heavy atom. The third kappa shape index (κ3) is 4.03. The van der Waals surface area contributed by atoms with E-state index in [4.69, 9.17) is 9.47 Å². The lowest BCUT2D eigenvalue weighted by molar-refractivity contribution is 0.356. The van der Waals surface area contributed by atoms with E-state index in [1.807, 2.05) is 30.5 Å². The first-order valence-electron chi connectivity index (χ1n) is 9.78. The Morgan fingerprint density at radius 1 is 0.900 bits per heavy atom. The van der Waals surface area contributed by atoms with E-state index in [0.29, 0.717) is 11.5 Å². The molecule has 0 radical (unpaired) electrons. The summed E-state index contributed by atoms with van der Waals surface area (Å²) in [7, 11) is 5.29. The lowest BCUT2D eigenvalue weighted by atomic mass is 10.0. The molecule has 0 N–H and O–H groups in total. The molecular formula is C24H24N4O2. The predicted octanol–water partition coefficient (Wildman–Crippen LogP) is 4.39. The Hall–Kier alpha value is -3.67. The molecule has 0 saturated heterocycles. The van der Waals surface area contributed by atoms with Crippen molar-refractivity contribution in [3.05, 3.63) is 72.6 Å². The lowest BCUT2D eigenvalue weighted by Gasteiger charge is -2.18. The van der Waals surface area contributed by atoms with Gasteiger partial charge in [-0.25, -0.2) is 4.98 Å². The molecule has 0 fully saturated rings. The van der Waals surface area contributed by atoms with E-state index in [0.717, 1.165) is 40.8 Å². The molecule has 2 aromatic heterocycles. The topological polar surface area (TPSA) is 60.4 Å². The van der Waals surface area contributed by atoms with E-state index < -0.39 is 0 Å². The second kappa shape index (κ2) is 8.78. The van der Waals surface area contributed by atoms with Crippen LogP contribution in [0.5, 0.6) is 11.5 Å². The molecule has 6 heteroatoms. The molecule has 0 atom stereocenters. The molecule has 0 unspecified atom stereocenters. The fourth-order valence-electron chi connectivity index (χ4n) is 3.44. The highest BCUT2D eigenvalue weighted by Crippen LogP contribution is 2.35. The second-order valence-corrected chi connectivity index (χ2v) is 7.04. The Bertz CT molecular complexity index is 1130. The molecule has 4 rings (SSSR count). The molecule has 4 aromatic rings. The molecule has 0 bridgehead atoms. The van der Waals surface area contributed by atoms with Crippen LogP contribution in [-0.4, -0.2) is 43.0 Å². The van der Waals surface area contributed by atoms with Crippen LogP contribution in [0.3, 0.4) is 0 Å². The van der Waals surface area contributed by atoms with Gasteiger partial charge in [-0.1, -0.05) is 30.3 Å². The zero-order valence-electron chi connectivity index (χ0n) is 17.4. The Morgan fingerprint density at radius 2 is 1.67 bits per heavy atom. The van der Waals surface area contributed by atoms with Gasteiger partial charge in [0, 0.05) is 42.4 Å². The lowest BCUT2D eigenvalue weighted by Crippen LogP contribution is -2.21. The van der Waals surface area contributed by atoms with Crippen LogP contribution >= 0.6 is 0 Å². The van der Waals surface area contributed by atoms with Gasteiger partial charge in [-0.2, -0.15) is 10.2 Å². The number of benzene rings is 2. The molecule has 0 amide bonds. The summed E-state index contributed by atoms with van der Waals surface area (Å²) >= 11 is 0. The summed E-state index contributed by atoms with van der Waals surface area (Å²) in [6.07, 6.45) is 4.60. The standard InChI is InChI=1S/C24H24N4O2/c1-28(12-11-17-7-5-4-6-8-17)24-10-9-18(15-25-24)20-16-26-27-21-14-23(30-3)22(29-2)13-19(20)21/h4-10,13-16H,11-12H2,1-3H3. The van der Waals surface area contributed by atoms with Crippen LogP contribution in [0.1, 0.15) is 5.56 Å². The predicted molar refractivity (Wildman–Crippen MR) is 119 cm³/mol. The molecule has 152 valence electrons. The summed E-state index contributed by atoms with van der Waals surface area (Å²) in [5, 5.41) is 9.33. The number of aromatic nitrogens is 3. The maximum absolute atomic E-state index is 5.45. The van der Waals surface area contributed by atoms with Crippen LogP contribution in [0.15, 0.2) is 67.0 Å². The summed E-state index contributed by atoms with van der Waals surface area (Å²) in [4.78, 5) is 6.83. The van der Waals surface area contributed by atoms with Gasteiger partial charge in [0.25, 0.3) is 0 Å². The number of ether oxygens (including phenoxy) is 2. The molecule has 0 spiro atoms. The first kappa shape index (κ1) is 19.6. The summed E-state index contributed by atoms with van der Waals surface area (Å²) in [5.41, 5.74) is 3.99. The van der Waals surface area contributed by atoms with E-state index >= 15 is 0 Å². The number of pyridine rings is 1. The number of rotatable bonds is 7. The van der Waals surface area contributed by atoms with Gasteiger partial charge in [0.2, 0.25) is 0 Å². The number of nitrogens with zero attached hydrogens (tertiary/aromatic N) is 4. The number of likely N-dealkylation sites (N-methyl/N-ethyl adjacent to an activating group) is 1. The van der Waals surface area contributed by atoms with Crippen LogP contribution in [0, 0.1) is 0 Å². The zero-order chi connectivity index (χ0) is 20.9. The smallest absolute Gasteiger partial charge is 0.162 e. The average molecular weight is 400 g/mol. The largest absolute Gasteiger partial charge is 0.493 e. The van der Waals surface area contributed by atoms with E-state index in [1.54, 1.807) is 20.4 Å². The molecule has 0 aliphatic heterocycles. The van der Waals surface area contributed by atoms with Crippen LogP contribution < -0.4 is 14.4 Å². The SMILES string of the molecule is COc1cc2nncc(-c3ccc(N(C)CCc4ccccc4)nc3)c2cc1OC. The van der Waals surface area contributed by atoms with Crippen molar-refractivity contribution in [1.29, 1.82) is 0 Å². The van der Waals surface area contributed by atoms with E-state index in [-0.39, 0.29) is 0 Å². The summed E-state index contributed by atoms with van der Waals surface area (Å²) in [5.74, 6) is 2.22. The molecular weight excluding hydrogens is 376 g/mol. The van der Waals surface area contributed by atoms with Gasteiger partial charge in [-0.05, 0) is 30.2 Å². The van der Waals surface area contributed by atoms with E-state index in [2.05, 4.69) is 57.5 Å². The fourth-order valence-corrected chi connectivity index (χ4v) is 3.44. The number of methoxy groups -OCH3 is 2. The number of hydrogen-bond donors (Lipinski definition) is 0. The van der Waals surface area contributed by atoms with Crippen LogP contribution in [-0.2, 0) is 6.42 Å². The maximum atomic E-state index is 5.45. The summed E-state index contributed by atoms with van der Waals surface area (Å²) < 4.78 is 10.8. The minimum atomic E-state index is 0.630. The van der Waals surface area contributed by atoms with Crippen molar-refractivity contribution in [3.63, 3.8) is 0 Å². The van der Waals surface area contributed by atoms with Gasteiger partial charge in [0.15, 0.2) is 11.5 Å². The normalized spacial score (nSPS) is 10.8. The molecule has 2 aromatic carbocycles. The van der Waals surface area contributed by atoms with Crippen molar-refractivity contribution in [2.75, 3.05) is 32.7 Å². The van der Waals surface area contributed by atoms with Gasteiger partial charge in [-0.3, -0.25) is 0 Å². The van der Waals surface area contributed by atoms with Crippen molar-refractivity contribution >= 4 is 16.7 Å². The highest BCUT2D eigenvalue weighted by molar-refractivity contribution is 5.95. The van der Waals surface area contributed by atoms with Crippen molar-refractivity contribution < 1.29 is 9.47 Å². The first-order chi connectivity index (χ1) is 14.7. The van der Waals surface area contributed by atoms with Gasteiger partial charge < -0.3 is 14.4 Å². The van der Waals surface area contributed by atoms with Crippen LogP contribution in [0.2, 0.25) is 0 Å². The van der Waals surface area contributed by atoms with Crippen LogP contribution in [0.4, 0.5) is 5.82 Å². The Kier molecular flexibility index (Phi) is 5.75. The summed E-state index contributed by atoms with van der Waals surface area (Å²) in [6.45, 7) is 0.896. The number of fused-ring (bicyclic) bond motifs is 1. The van der Waals surface area contributed by atoms with Crippen molar-refractivity contribution in [1.82, 2.24) is 15.2 Å². The molecule has 2 heterocycles. The Labute approximate surface area is 176 Å². The van der Waals surface area contributed by atoms with Crippen molar-refractivity contribution in [2.45, 2.75) is 6.42 Å². The third-order valence-corrected chi connectivity index (χ3v) is 5.17. The van der Waals surface area contributed by atoms with Crippen molar-refractivity contribution in [3.8, 4) is 22.6 Å². The zero-order valence-corrected chi connectivity index (χ0v) is 17.4. The minimum Gasteiger partial charge on any atom is -0.493 e. The fraction of sp³-hybridized carbons (Fsp3) is 0.208. The van der Waals surface area contributed by atoms with Gasteiger partial charge in [0.05, 0.1) is 25.9 Å². The summed E-state index contributed by atoms with van der Waals surface area (Å²) in [6, 6.07) is 18.3. The number of hydrogen-bond acceptors (Lipinski definition) is 6. The number of anilines is 1. The van der Waals surface area contributed by atoms with E-state index in [1.165, 1.54) is 5.56 Å². The minimum absolute atomic E-state index is 0.630. The highest BCUT2D eigenvalue weighted by Gasteiger charge is 2.12. The Balaban J connectivity index is 1.58. The maximum Gasteiger partial charge on any atom is 0.162 e. The van der Waals surface area contributed by atoms with Gasteiger partial charge in [0.1, 0.15) is 5.82 Å². The van der Waals surface area contributed by atoms with Crippen molar-refractivity contribution in [2.24, 2.45) is 0 Å². The van der Waals surface area contributed by atoms with E-state index in [9.17, 15) is 0 Å². The molecule has 0 aliphatic carbocycles. The molecule has 0 saturated carbocycles. The quantitative estimate of drug-likeness (QED) is 0.459.